The van der Waals surface area contributed by atoms with Gasteiger partial charge in [0.15, 0.2) is 0 Å². The van der Waals surface area contributed by atoms with Gasteiger partial charge in [-0.3, -0.25) is 9.69 Å². The molecule has 1 aromatic carbocycles. The van der Waals surface area contributed by atoms with Gasteiger partial charge in [0.1, 0.15) is 0 Å². The Kier molecular flexibility index (Phi) is 5.95. The molecule has 140 valence electrons. The molecule has 2 rings (SSSR count). The minimum Gasteiger partial charge on any atom is -0.395 e. The smallest absolute Gasteiger partial charge is 0.253 e. The van der Waals surface area contributed by atoms with E-state index in [4.69, 9.17) is 5.11 Å². The highest BCUT2D eigenvalue weighted by Gasteiger charge is 2.26. The molecule has 1 aliphatic heterocycles. The van der Waals surface area contributed by atoms with Gasteiger partial charge < -0.3 is 10.0 Å². The summed E-state index contributed by atoms with van der Waals surface area (Å²) in [7, 11) is 0. The zero-order valence-electron chi connectivity index (χ0n) is 16.7. The summed E-state index contributed by atoms with van der Waals surface area (Å²) in [5.41, 5.74) is 3.24. The Morgan fingerprint density at radius 2 is 1.40 bits per heavy atom. The lowest BCUT2D eigenvalue weighted by atomic mass is 9.79. The molecule has 1 aromatic rings. The second kappa shape index (κ2) is 7.46. The van der Waals surface area contributed by atoms with Crippen molar-refractivity contribution >= 4 is 5.91 Å². The number of rotatable bonds is 3. The normalized spacial score (nSPS) is 17.0. The SMILES string of the molecule is CC(C)(C)c1cc(C(=O)N2CCN(CCO)CC2)cc(C(C)(C)C)c1. The van der Waals surface area contributed by atoms with Gasteiger partial charge in [0.2, 0.25) is 0 Å². The van der Waals surface area contributed by atoms with Gasteiger partial charge in [0, 0.05) is 38.3 Å². The Labute approximate surface area is 152 Å². The van der Waals surface area contributed by atoms with Gasteiger partial charge in [-0.1, -0.05) is 47.6 Å². The molecule has 0 bridgehead atoms. The van der Waals surface area contributed by atoms with E-state index in [1.165, 1.54) is 11.1 Å². The highest BCUT2D eigenvalue weighted by Crippen LogP contribution is 2.30. The molecule has 0 unspecified atom stereocenters. The second-order valence-corrected chi connectivity index (χ2v) is 9.16. The van der Waals surface area contributed by atoms with Crippen LogP contribution in [0.4, 0.5) is 0 Å². The van der Waals surface area contributed by atoms with Gasteiger partial charge in [-0.25, -0.2) is 0 Å². The summed E-state index contributed by atoms with van der Waals surface area (Å²) in [5.74, 6) is 0.125. The first-order valence-corrected chi connectivity index (χ1v) is 9.31. The van der Waals surface area contributed by atoms with Crippen LogP contribution < -0.4 is 0 Å². The number of hydrogen-bond acceptors (Lipinski definition) is 3. The molecule has 1 amide bonds. The van der Waals surface area contributed by atoms with Crippen LogP contribution in [0, 0.1) is 0 Å². The maximum atomic E-state index is 13.1. The minimum absolute atomic E-state index is 0.0100. The molecular weight excluding hydrogens is 312 g/mol. The first-order chi connectivity index (χ1) is 11.5. The van der Waals surface area contributed by atoms with E-state index in [2.05, 4.69) is 64.6 Å². The Morgan fingerprint density at radius 3 is 1.80 bits per heavy atom. The van der Waals surface area contributed by atoms with E-state index in [1.54, 1.807) is 0 Å². The molecular formula is C21H34N2O2. The molecule has 0 aliphatic carbocycles. The number of aliphatic hydroxyl groups excluding tert-OH is 1. The third kappa shape index (κ3) is 5.05. The Bertz CT molecular complexity index is 571. The van der Waals surface area contributed by atoms with Crippen molar-refractivity contribution in [1.29, 1.82) is 0 Å². The van der Waals surface area contributed by atoms with Crippen molar-refractivity contribution in [1.82, 2.24) is 9.80 Å². The fourth-order valence-corrected chi connectivity index (χ4v) is 3.12. The fraction of sp³-hybridized carbons (Fsp3) is 0.667. The lowest BCUT2D eigenvalue weighted by Crippen LogP contribution is -2.49. The molecule has 1 heterocycles. The molecule has 0 atom stereocenters. The topological polar surface area (TPSA) is 43.8 Å². The number of carbonyl (C=O) groups excluding carboxylic acids is 1. The third-order valence-corrected chi connectivity index (χ3v) is 4.99. The number of amides is 1. The molecule has 4 heteroatoms. The van der Waals surface area contributed by atoms with Crippen molar-refractivity contribution in [2.45, 2.75) is 52.4 Å². The number of aliphatic hydroxyl groups is 1. The molecule has 1 aliphatic rings. The van der Waals surface area contributed by atoms with Crippen molar-refractivity contribution in [2.24, 2.45) is 0 Å². The van der Waals surface area contributed by atoms with Gasteiger partial charge in [0.05, 0.1) is 6.61 Å². The second-order valence-electron chi connectivity index (χ2n) is 9.16. The van der Waals surface area contributed by atoms with Crippen LogP contribution in [0.15, 0.2) is 18.2 Å². The molecule has 1 saturated heterocycles. The maximum Gasteiger partial charge on any atom is 0.253 e. The fourth-order valence-electron chi connectivity index (χ4n) is 3.12. The number of carbonyl (C=O) groups is 1. The lowest BCUT2D eigenvalue weighted by Gasteiger charge is -2.35. The Balaban J connectivity index is 2.27. The number of piperazine rings is 1. The first-order valence-electron chi connectivity index (χ1n) is 9.31. The predicted octanol–water partition coefficient (Wildman–Crippen LogP) is 3.03. The Hall–Kier alpha value is -1.39. The van der Waals surface area contributed by atoms with E-state index in [-0.39, 0.29) is 23.3 Å². The van der Waals surface area contributed by atoms with Crippen LogP contribution in [0.5, 0.6) is 0 Å². The van der Waals surface area contributed by atoms with Crippen LogP contribution in [-0.2, 0) is 10.8 Å². The maximum absolute atomic E-state index is 13.1. The third-order valence-electron chi connectivity index (χ3n) is 4.99. The summed E-state index contributed by atoms with van der Waals surface area (Å²) in [4.78, 5) is 17.2. The standard InChI is InChI=1S/C21H34N2O2/c1-20(2,3)17-13-16(14-18(15-17)21(4,5)6)19(25)23-9-7-22(8-10-23)11-12-24/h13-15,24H,7-12H2,1-6H3. The van der Waals surface area contributed by atoms with Crippen LogP contribution in [0.1, 0.15) is 63.0 Å². The van der Waals surface area contributed by atoms with Crippen molar-refractivity contribution in [2.75, 3.05) is 39.3 Å². The van der Waals surface area contributed by atoms with Gasteiger partial charge in [0.25, 0.3) is 5.91 Å². The van der Waals surface area contributed by atoms with Gasteiger partial charge in [-0.15, -0.1) is 0 Å². The number of β-amino-alcohol motifs (C(OH)–C–C–N with tert-alkyl or cyclic N) is 1. The average molecular weight is 347 g/mol. The summed E-state index contributed by atoms with van der Waals surface area (Å²) in [6.07, 6.45) is 0. The van der Waals surface area contributed by atoms with Crippen molar-refractivity contribution in [3.63, 3.8) is 0 Å². The summed E-state index contributed by atoms with van der Waals surface area (Å²) in [6, 6.07) is 6.38. The zero-order valence-corrected chi connectivity index (χ0v) is 16.7. The molecule has 0 aromatic heterocycles. The highest BCUT2D eigenvalue weighted by atomic mass is 16.3. The zero-order chi connectivity index (χ0) is 18.8. The van der Waals surface area contributed by atoms with Crippen LogP contribution in [0.2, 0.25) is 0 Å². The van der Waals surface area contributed by atoms with E-state index in [9.17, 15) is 4.79 Å². The van der Waals surface area contributed by atoms with Crippen molar-refractivity contribution in [3.05, 3.63) is 34.9 Å². The molecule has 1 fully saturated rings. The van der Waals surface area contributed by atoms with E-state index in [0.29, 0.717) is 6.54 Å². The summed E-state index contributed by atoms with van der Waals surface area (Å²) in [5, 5.41) is 9.06. The summed E-state index contributed by atoms with van der Waals surface area (Å²) in [6.45, 7) is 17.1. The first kappa shape index (κ1) is 19.9. The van der Waals surface area contributed by atoms with Gasteiger partial charge in [-0.2, -0.15) is 0 Å². The Morgan fingerprint density at radius 1 is 0.920 bits per heavy atom. The number of nitrogens with zero attached hydrogens (tertiary/aromatic N) is 2. The molecule has 0 saturated carbocycles. The van der Waals surface area contributed by atoms with E-state index >= 15 is 0 Å². The molecule has 0 radical (unpaired) electrons. The summed E-state index contributed by atoms with van der Waals surface area (Å²) >= 11 is 0. The lowest BCUT2D eigenvalue weighted by molar-refractivity contribution is 0.0614. The highest BCUT2D eigenvalue weighted by molar-refractivity contribution is 5.94. The monoisotopic (exact) mass is 346 g/mol. The minimum atomic E-state index is 0.0100. The van der Waals surface area contributed by atoms with Crippen LogP contribution in [0.25, 0.3) is 0 Å². The van der Waals surface area contributed by atoms with E-state index in [0.717, 1.165) is 31.7 Å². The van der Waals surface area contributed by atoms with Crippen LogP contribution in [0.3, 0.4) is 0 Å². The molecule has 25 heavy (non-hydrogen) atoms. The largest absolute Gasteiger partial charge is 0.395 e. The number of benzene rings is 1. The predicted molar refractivity (Wildman–Crippen MR) is 103 cm³/mol. The molecule has 4 nitrogen and oxygen atoms in total. The van der Waals surface area contributed by atoms with Crippen molar-refractivity contribution in [3.8, 4) is 0 Å². The summed E-state index contributed by atoms with van der Waals surface area (Å²) < 4.78 is 0. The van der Waals surface area contributed by atoms with Crippen LogP contribution in [-0.4, -0.2) is 60.1 Å². The van der Waals surface area contributed by atoms with Gasteiger partial charge in [-0.05, 0) is 34.1 Å². The van der Waals surface area contributed by atoms with Gasteiger partial charge >= 0.3 is 0 Å². The molecule has 0 spiro atoms. The van der Waals surface area contributed by atoms with Crippen LogP contribution >= 0.6 is 0 Å². The van der Waals surface area contributed by atoms with E-state index in [1.807, 2.05) is 4.90 Å². The van der Waals surface area contributed by atoms with E-state index < -0.39 is 0 Å². The average Bonchev–Trinajstić information content (AvgIpc) is 2.53. The van der Waals surface area contributed by atoms with Crippen molar-refractivity contribution < 1.29 is 9.90 Å². The number of hydrogen-bond donors (Lipinski definition) is 1. The molecule has 1 N–H and O–H groups in total. The quantitative estimate of drug-likeness (QED) is 0.915.